The molecule has 0 aromatic heterocycles. The number of Topliss-reactive ketones (excluding diaryl/α,β-unsaturated/α-hetero) is 1. The molecule has 0 atom stereocenters. The van der Waals surface area contributed by atoms with Gasteiger partial charge in [-0.15, -0.1) is 0 Å². The van der Waals surface area contributed by atoms with E-state index in [4.69, 9.17) is 20.4 Å². The molecule has 9 nitrogen and oxygen atoms in total. The first-order valence-electron chi connectivity index (χ1n) is 5.24. The molecule has 1 aromatic carbocycles. The summed E-state index contributed by atoms with van der Waals surface area (Å²) >= 11 is 0. The van der Waals surface area contributed by atoms with Crippen LogP contribution in [0.3, 0.4) is 0 Å². The number of aromatic carboxylic acids is 4. The van der Waals surface area contributed by atoms with Crippen molar-refractivity contribution in [1.82, 2.24) is 0 Å². The molecular formula is C12H9NaO9. The molecule has 0 spiro atoms. The van der Waals surface area contributed by atoms with Gasteiger partial charge in [-0.05, 0) is 13.0 Å². The molecule has 112 valence electrons. The molecule has 0 saturated carbocycles. The van der Waals surface area contributed by atoms with Crippen molar-refractivity contribution in [1.29, 1.82) is 0 Å². The van der Waals surface area contributed by atoms with Gasteiger partial charge < -0.3 is 20.4 Å². The molecule has 10 heteroatoms. The number of carbonyl (C=O) groups is 5. The van der Waals surface area contributed by atoms with Gasteiger partial charge in [0, 0.05) is 5.56 Å². The molecule has 0 fully saturated rings. The fraction of sp³-hybridized carbons (Fsp3) is 0.0833. The van der Waals surface area contributed by atoms with E-state index in [1.54, 1.807) is 0 Å². The van der Waals surface area contributed by atoms with Gasteiger partial charge in [0.1, 0.15) is 0 Å². The van der Waals surface area contributed by atoms with Gasteiger partial charge >= 0.3 is 53.4 Å². The minimum atomic E-state index is -1.96. The Morgan fingerprint density at radius 3 is 1.32 bits per heavy atom. The van der Waals surface area contributed by atoms with Crippen molar-refractivity contribution in [2.75, 3.05) is 0 Å². The van der Waals surface area contributed by atoms with E-state index in [1.807, 2.05) is 0 Å². The summed E-state index contributed by atoms with van der Waals surface area (Å²) in [5.74, 6) is -8.45. The molecule has 0 aliphatic heterocycles. The van der Waals surface area contributed by atoms with E-state index in [1.165, 1.54) is 0 Å². The fourth-order valence-corrected chi connectivity index (χ4v) is 1.79. The second kappa shape index (κ2) is 7.16. The summed E-state index contributed by atoms with van der Waals surface area (Å²) in [5, 5.41) is 36.0. The Kier molecular flexibility index (Phi) is 6.43. The Bertz CT molecular complexity index is 655. The van der Waals surface area contributed by atoms with Crippen LogP contribution in [0.2, 0.25) is 0 Å². The summed E-state index contributed by atoms with van der Waals surface area (Å²) in [5.41, 5.74) is -5.17. The summed E-state index contributed by atoms with van der Waals surface area (Å²) in [4.78, 5) is 55.9. The predicted octanol–water partition coefficient (Wildman–Crippen LogP) is 0.0335. The van der Waals surface area contributed by atoms with Crippen LogP contribution in [0, 0.1) is 0 Å². The zero-order valence-corrected chi connectivity index (χ0v) is 10.4. The van der Waals surface area contributed by atoms with Crippen LogP contribution in [0.15, 0.2) is 6.07 Å². The van der Waals surface area contributed by atoms with E-state index in [0.29, 0.717) is 6.07 Å². The average Bonchev–Trinajstić information content (AvgIpc) is 2.34. The van der Waals surface area contributed by atoms with Crippen molar-refractivity contribution in [3.05, 3.63) is 33.9 Å². The van der Waals surface area contributed by atoms with Gasteiger partial charge in [0.2, 0.25) is 0 Å². The van der Waals surface area contributed by atoms with E-state index in [-0.39, 0.29) is 29.6 Å². The van der Waals surface area contributed by atoms with Gasteiger partial charge in [0.15, 0.2) is 5.78 Å². The Morgan fingerprint density at radius 1 is 0.682 bits per heavy atom. The summed E-state index contributed by atoms with van der Waals surface area (Å²) in [7, 11) is 0. The summed E-state index contributed by atoms with van der Waals surface area (Å²) in [6.07, 6.45) is 0. The van der Waals surface area contributed by atoms with E-state index < -0.39 is 57.5 Å². The molecule has 0 bridgehead atoms. The van der Waals surface area contributed by atoms with Gasteiger partial charge in [-0.3, -0.25) is 4.79 Å². The standard InChI is InChI=1S/C12H8O9.Na.H/c1-3(13)4-2-5(9(14)15)7(11(18)19)8(12(20)21)6(4)10(16)17;;/h2H,1H3,(H,14,15)(H,16,17)(H,18,19)(H,20,21);;. The fourth-order valence-electron chi connectivity index (χ4n) is 1.79. The molecule has 1 aromatic rings. The minimum absolute atomic E-state index is 0. The second-order valence-electron chi connectivity index (χ2n) is 3.87. The SMILES string of the molecule is CC(=O)c1cc(C(=O)O)c(C(=O)O)c(C(=O)O)c1C(=O)O.[NaH]. The van der Waals surface area contributed by atoms with E-state index in [0.717, 1.165) is 6.92 Å². The molecule has 0 radical (unpaired) electrons. The van der Waals surface area contributed by atoms with Crippen LogP contribution in [0.1, 0.15) is 58.7 Å². The molecule has 0 amide bonds. The number of ketones is 1. The van der Waals surface area contributed by atoms with Crippen molar-refractivity contribution in [3.63, 3.8) is 0 Å². The van der Waals surface area contributed by atoms with Crippen LogP contribution in [0.5, 0.6) is 0 Å². The van der Waals surface area contributed by atoms with Crippen LogP contribution >= 0.6 is 0 Å². The molecular weight excluding hydrogens is 311 g/mol. The van der Waals surface area contributed by atoms with Crippen LogP contribution in [-0.4, -0.2) is 79.6 Å². The van der Waals surface area contributed by atoms with Gasteiger partial charge in [-0.2, -0.15) is 0 Å². The first kappa shape index (κ1) is 19.8. The summed E-state index contributed by atoms with van der Waals surface area (Å²) in [6.45, 7) is 0.902. The molecule has 0 aliphatic rings. The number of carboxylic acids is 4. The van der Waals surface area contributed by atoms with Crippen LogP contribution < -0.4 is 0 Å². The van der Waals surface area contributed by atoms with Crippen molar-refractivity contribution in [3.8, 4) is 0 Å². The quantitative estimate of drug-likeness (QED) is 0.432. The predicted molar refractivity (Wildman–Crippen MR) is 71.4 cm³/mol. The Morgan fingerprint density at radius 2 is 1.05 bits per heavy atom. The van der Waals surface area contributed by atoms with Crippen molar-refractivity contribution in [2.24, 2.45) is 0 Å². The van der Waals surface area contributed by atoms with Gasteiger partial charge in [0.05, 0.1) is 22.3 Å². The number of carbonyl (C=O) groups excluding carboxylic acids is 1. The summed E-state index contributed by atoms with van der Waals surface area (Å²) in [6, 6.07) is 0.546. The van der Waals surface area contributed by atoms with Gasteiger partial charge in [-0.25, -0.2) is 19.2 Å². The third kappa shape index (κ3) is 3.50. The zero-order chi connectivity index (χ0) is 16.5. The van der Waals surface area contributed by atoms with Crippen molar-refractivity contribution < 1.29 is 44.4 Å². The Hall–Kier alpha value is -2.23. The third-order valence-electron chi connectivity index (χ3n) is 2.58. The Labute approximate surface area is 144 Å². The van der Waals surface area contributed by atoms with Gasteiger partial charge in [0.25, 0.3) is 0 Å². The molecule has 0 saturated heterocycles. The molecule has 0 heterocycles. The zero-order valence-electron chi connectivity index (χ0n) is 10.4. The maximum atomic E-state index is 11.4. The number of benzene rings is 1. The maximum absolute atomic E-state index is 11.4. The van der Waals surface area contributed by atoms with Crippen molar-refractivity contribution >= 4 is 59.2 Å². The van der Waals surface area contributed by atoms with Crippen molar-refractivity contribution in [2.45, 2.75) is 6.92 Å². The first-order valence-corrected chi connectivity index (χ1v) is 5.24. The van der Waals surface area contributed by atoms with Crippen LogP contribution in [0.25, 0.3) is 0 Å². The average molecular weight is 320 g/mol. The summed E-state index contributed by atoms with van der Waals surface area (Å²) < 4.78 is 0. The van der Waals surface area contributed by atoms with E-state index in [2.05, 4.69) is 0 Å². The third-order valence-corrected chi connectivity index (χ3v) is 2.58. The van der Waals surface area contributed by atoms with Crippen LogP contribution in [-0.2, 0) is 0 Å². The number of hydrogen-bond acceptors (Lipinski definition) is 5. The topological polar surface area (TPSA) is 166 Å². The number of rotatable bonds is 5. The molecule has 0 aliphatic carbocycles. The monoisotopic (exact) mass is 320 g/mol. The van der Waals surface area contributed by atoms with Gasteiger partial charge in [-0.1, -0.05) is 0 Å². The normalized spacial score (nSPS) is 9.50. The molecule has 4 N–H and O–H groups in total. The molecule has 1 rings (SSSR count). The second-order valence-corrected chi connectivity index (χ2v) is 3.87. The molecule has 22 heavy (non-hydrogen) atoms. The Balaban J connectivity index is 0.00000441. The van der Waals surface area contributed by atoms with Crippen LogP contribution in [0.4, 0.5) is 0 Å². The first-order chi connectivity index (χ1) is 9.59. The van der Waals surface area contributed by atoms with E-state index in [9.17, 15) is 24.0 Å². The number of hydrogen-bond donors (Lipinski definition) is 4. The number of carboxylic acid groups (broad SMARTS) is 4. The van der Waals surface area contributed by atoms with E-state index >= 15 is 0 Å². The molecule has 0 unspecified atom stereocenters.